The van der Waals surface area contributed by atoms with Crippen molar-refractivity contribution in [3.05, 3.63) is 28.8 Å². The zero-order valence-corrected chi connectivity index (χ0v) is 14.8. The lowest BCUT2D eigenvalue weighted by Crippen LogP contribution is -2.21. The maximum absolute atomic E-state index is 2.51. The minimum absolute atomic E-state index is 0.195. The van der Waals surface area contributed by atoms with Gasteiger partial charge >= 0.3 is 0 Å². The van der Waals surface area contributed by atoms with Crippen molar-refractivity contribution in [1.29, 1.82) is 0 Å². The molecule has 1 fully saturated rings. The molecule has 2 rings (SSSR count). The summed E-state index contributed by atoms with van der Waals surface area (Å²) < 4.78 is 0. The highest BCUT2D eigenvalue weighted by Crippen LogP contribution is 2.43. The molecule has 0 bridgehead atoms. The Labute approximate surface area is 125 Å². The molecule has 0 aliphatic carbocycles. The third-order valence-electron chi connectivity index (χ3n) is 4.49. The zero-order valence-electron chi connectivity index (χ0n) is 14.8. The number of hydrogen-bond donors (Lipinski definition) is 0. The second-order valence-corrected chi connectivity index (χ2v) is 9.06. The summed E-state index contributed by atoms with van der Waals surface area (Å²) in [6, 6.07) is 4.83. The van der Waals surface area contributed by atoms with Gasteiger partial charge in [0, 0.05) is 12.2 Å². The first-order chi connectivity index (χ1) is 8.84. The molecule has 0 N–H and O–H groups in total. The van der Waals surface area contributed by atoms with Gasteiger partial charge < -0.3 is 4.90 Å². The van der Waals surface area contributed by atoms with Gasteiger partial charge in [-0.1, -0.05) is 41.5 Å². The second-order valence-electron chi connectivity index (χ2n) is 9.06. The average molecular weight is 273 g/mol. The molecule has 0 atom stereocenters. The molecule has 0 amide bonds. The van der Waals surface area contributed by atoms with Gasteiger partial charge in [0.15, 0.2) is 0 Å². The van der Waals surface area contributed by atoms with Crippen molar-refractivity contribution < 1.29 is 0 Å². The van der Waals surface area contributed by atoms with Crippen LogP contribution < -0.4 is 4.90 Å². The van der Waals surface area contributed by atoms with Crippen molar-refractivity contribution in [2.24, 2.45) is 0 Å². The molecule has 112 valence electrons. The molecule has 1 heterocycles. The first-order valence-corrected chi connectivity index (χ1v) is 7.77. The summed E-state index contributed by atoms with van der Waals surface area (Å²) in [5.74, 6) is 0. The summed E-state index contributed by atoms with van der Waals surface area (Å²) in [7, 11) is 0. The van der Waals surface area contributed by atoms with E-state index in [2.05, 4.69) is 79.3 Å². The van der Waals surface area contributed by atoms with E-state index in [0.29, 0.717) is 5.54 Å². The average Bonchev–Trinajstić information content (AvgIpc) is 2.84. The van der Waals surface area contributed by atoms with E-state index < -0.39 is 0 Å². The van der Waals surface area contributed by atoms with Gasteiger partial charge in [-0.3, -0.25) is 0 Å². The van der Waals surface area contributed by atoms with E-state index >= 15 is 0 Å². The van der Waals surface area contributed by atoms with Gasteiger partial charge in [0.2, 0.25) is 0 Å². The highest BCUT2D eigenvalue weighted by molar-refractivity contribution is 5.63. The Morgan fingerprint density at radius 1 is 0.900 bits per heavy atom. The van der Waals surface area contributed by atoms with Gasteiger partial charge in [0.05, 0.1) is 5.54 Å². The van der Waals surface area contributed by atoms with Crippen LogP contribution in [0.25, 0.3) is 0 Å². The van der Waals surface area contributed by atoms with E-state index in [-0.39, 0.29) is 10.8 Å². The van der Waals surface area contributed by atoms with E-state index in [4.69, 9.17) is 0 Å². The minimum atomic E-state index is 0.195. The molecule has 0 spiro atoms. The zero-order chi connectivity index (χ0) is 15.5. The Kier molecular flexibility index (Phi) is 3.28. The lowest BCUT2D eigenvalue weighted by atomic mass is 9.76. The Morgan fingerprint density at radius 3 is 1.50 bits per heavy atom. The topological polar surface area (TPSA) is 3.01 Å². The maximum atomic E-state index is 2.51. The van der Waals surface area contributed by atoms with Crippen LogP contribution in [0.3, 0.4) is 0 Å². The van der Waals surface area contributed by atoms with Crippen LogP contribution >= 0.6 is 0 Å². The van der Waals surface area contributed by atoms with Gasteiger partial charge in [0.1, 0.15) is 0 Å². The van der Waals surface area contributed by atoms with Gasteiger partial charge in [-0.2, -0.15) is 0 Å². The fourth-order valence-corrected chi connectivity index (χ4v) is 3.21. The van der Waals surface area contributed by atoms with Crippen LogP contribution in [-0.2, 0) is 10.8 Å². The van der Waals surface area contributed by atoms with Gasteiger partial charge in [-0.15, -0.1) is 0 Å². The highest BCUT2D eigenvalue weighted by atomic mass is 15.3. The molecule has 1 aliphatic heterocycles. The molecular weight excluding hydrogens is 242 g/mol. The first kappa shape index (κ1) is 15.4. The van der Waals surface area contributed by atoms with Crippen LogP contribution in [-0.4, -0.2) is 12.1 Å². The normalized spacial score (nSPS) is 18.4. The molecule has 1 aromatic rings. The van der Waals surface area contributed by atoms with E-state index in [1.807, 2.05) is 0 Å². The molecule has 0 radical (unpaired) electrons. The molecule has 1 saturated heterocycles. The Hall–Kier alpha value is -0.980. The molecule has 1 heteroatoms. The minimum Gasteiger partial charge on any atom is -0.362 e. The van der Waals surface area contributed by atoms with Crippen molar-refractivity contribution in [3.63, 3.8) is 0 Å². The van der Waals surface area contributed by atoms with E-state index in [1.54, 1.807) is 0 Å². The third kappa shape index (κ3) is 2.73. The molecule has 1 nitrogen and oxygen atoms in total. The largest absolute Gasteiger partial charge is 0.362 e. The van der Waals surface area contributed by atoms with Crippen molar-refractivity contribution in [3.8, 4) is 0 Å². The molecule has 0 unspecified atom stereocenters. The fraction of sp³-hybridized carbons (Fsp3) is 0.684. The van der Waals surface area contributed by atoms with Crippen LogP contribution in [0.2, 0.25) is 0 Å². The summed E-state index contributed by atoms with van der Waals surface area (Å²) in [5, 5.41) is 0. The van der Waals surface area contributed by atoms with Crippen molar-refractivity contribution >= 4 is 5.69 Å². The quantitative estimate of drug-likeness (QED) is 0.636. The summed E-state index contributed by atoms with van der Waals surface area (Å²) in [6.07, 6.45) is 0. The lowest BCUT2D eigenvalue weighted by Gasteiger charge is -2.30. The van der Waals surface area contributed by atoms with Gasteiger partial charge in [0.25, 0.3) is 0 Å². The predicted octanol–water partition coefficient (Wildman–Crippen LogP) is 5.19. The summed E-state index contributed by atoms with van der Waals surface area (Å²) in [4.78, 5) is 2.51. The molecule has 0 aromatic heterocycles. The molecular formula is C19H31N. The highest BCUT2D eigenvalue weighted by Gasteiger charge is 2.43. The molecule has 0 saturated carbocycles. The third-order valence-corrected chi connectivity index (χ3v) is 4.49. The monoisotopic (exact) mass is 273 g/mol. The SMILES string of the molecule is Cc1c(C(C)(C)C)cc(N2CC2(C)C)cc1C(C)(C)C. The fourth-order valence-electron chi connectivity index (χ4n) is 3.21. The van der Waals surface area contributed by atoms with Crippen molar-refractivity contribution in [1.82, 2.24) is 0 Å². The number of anilines is 1. The maximum Gasteiger partial charge on any atom is 0.0521 e. The summed E-state index contributed by atoms with van der Waals surface area (Å²) in [6.45, 7) is 22.0. The first-order valence-electron chi connectivity index (χ1n) is 7.77. The van der Waals surface area contributed by atoms with Crippen LogP contribution in [0.4, 0.5) is 5.69 Å². The molecule has 1 aliphatic rings. The molecule has 20 heavy (non-hydrogen) atoms. The van der Waals surface area contributed by atoms with Crippen LogP contribution in [0.15, 0.2) is 12.1 Å². The number of rotatable bonds is 1. The second kappa shape index (κ2) is 4.26. The number of benzene rings is 1. The standard InChI is InChI=1S/C19H31N/c1-13-15(17(2,3)4)10-14(20-12-19(20,8)9)11-16(13)18(5,6)7/h10-11H,12H2,1-9H3. The Bertz CT molecular complexity index is 489. The van der Waals surface area contributed by atoms with Gasteiger partial charge in [-0.25, -0.2) is 0 Å². The summed E-state index contributed by atoms with van der Waals surface area (Å²) in [5.41, 5.74) is 6.56. The lowest BCUT2D eigenvalue weighted by molar-refractivity contribution is 0.561. The Balaban J connectivity index is 2.62. The number of nitrogens with zero attached hydrogens (tertiary/aromatic N) is 1. The van der Waals surface area contributed by atoms with Crippen molar-refractivity contribution in [2.45, 2.75) is 78.7 Å². The van der Waals surface area contributed by atoms with Crippen molar-refractivity contribution in [2.75, 3.05) is 11.4 Å². The predicted molar refractivity (Wildman–Crippen MR) is 90.0 cm³/mol. The smallest absolute Gasteiger partial charge is 0.0521 e. The summed E-state index contributed by atoms with van der Waals surface area (Å²) >= 11 is 0. The number of hydrogen-bond acceptors (Lipinski definition) is 1. The Morgan fingerprint density at radius 2 is 1.25 bits per heavy atom. The van der Waals surface area contributed by atoms with Crippen LogP contribution in [0, 0.1) is 6.92 Å². The van der Waals surface area contributed by atoms with Crippen LogP contribution in [0.1, 0.15) is 72.1 Å². The molecule has 1 aromatic carbocycles. The van der Waals surface area contributed by atoms with E-state index in [0.717, 1.165) is 0 Å². The van der Waals surface area contributed by atoms with Crippen LogP contribution in [0.5, 0.6) is 0 Å². The van der Waals surface area contributed by atoms with E-state index in [1.165, 1.54) is 28.9 Å². The van der Waals surface area contributed by atoms with Gasteiger partial charge in [-0.05, 0) is 60.4 Å². The van der Waals surface area contributed by atoms with E-state index in [9.17, 15) is 0 Å².